The third-order valence-electron chi connectivity index (χ3n) is 5.58. The molecule has 28 heavy (non-hydrogen) atoms. The Kier molecular flexibility index (Phi) is 4.30. The van der Waals surface area contributed by atoms with Crippen LogP contribution in [0.25, 0.3) is 10.9 Å². The number of benzene rings is 1. The molecular weight excluding hydrogens is 356 g/mol. The van der Waals surface area contributed by atoms with Gasteiger partial charge in [0.25, 0.3) is 5.91 Å². The molecule has 0 radical (unpaired) electrons. The maximum absolute atomic E-state index is 12.8. The number of para-hydroxylation sites is 1. The minimum absolute atomic E-state index is 0.238. The van der Waals surface area contributed by atoms with E-state index in [0.717, 1.165) is 32.8 Å². The summed E-state index contributed by atoms with van der Waals surface area (Å²) in [5, 5.41) is 3.73. The Bertz CT molecular complexity index is 1110. The normalized spacial score (nSPS) is 16.8. The Morgan fingerprint density at radius 1 is 1.18 bits per heavy atom. The molecule has 0 aliphatic carbocycles. The zero-order chi connectivity index (χ0) is 20.0. The number of hydrogen-bond acceptors (Lipinski definition) is 3. The van der Waals surface area contributed by atoms with Crippen molar-refractivity contribution in [1.82, 2.24) is 19.8 Å². The number of Topliss-reactive ketones (excluding diaryl/α,β-unsaturated/α-hetero) is 1. The van der Waals surface area contributed by atoms with Crippen molar-refractivity contribution in [3.05, 3.63) is 59.0 Å². The Morgan fingerprint density at radius 3 is 2.64 bits per heavy atom. The predicted octanol–water partition coefficient (Wildman–Crippen LogP) is 2.47. The molecule has 0 unspecified atom stereocenters. The number of nitrogens with one attached hydrogen (secondary N) is 2. The number of nitrogens with zero attached hydrogens (tertiary/aromatic N) is 2. The van der Waals surface area contributed by atoms with Crippen molar-refractivity contribution < 1.29 is 14.4 Å². The fourth-order valence-corrected chi connectivity index (χ4v) is 3.75. The predicted molar refractivity (Wildman–Crippen MR) is 105 cm³/mol. The first-order valence-corrected chi connectivity index (χ1v) is 9.19. The number of hydrogen-bond donors (Lipinski definition) is 2. The van der Waals surface area contributed by atoms with Crippen LogP contribution in [0, 0.1) is 13.8 Å². The second kappa shape index (κ2) is 6.67. The lowest BCUT2D eigenvalue weighted by Gasteiger charge is -2.12. The average Bonchev–Trinajstić information content (AvgIpc) is 3.29. The molecule has 3 heterocycles. The van der Waals surface area contributed by atoms with Crippen LogP contribution in [0.2, 0.25) is 0 Å². The van der Waals surface area contributed by atoms with E-state index in [9.17, 15) is 14.4 Å². The molecule has 1 fully saturated rings. The van der Waals surface area contributed by atoms with Crippen LogP contribution < -0.4 is 5.32 Å². The molecule has 1 aliphatic rings. The lowest BCUT2D eigenvalue weighted by Crippen LogP contribution is -2.36. The molecule has 0 bridgehead atoms. The van der Waals surface area contributed by atoms with Gasteiger partial charge in [0.2, 0.25) is 0 Å². The largest absolute Gasteiger partial charge is 0.361 e. The molecular formula is C21H22N4O3. The number of aromatic nitrogens is 2. The third-order valence-corrected chi connectivity index (χ3v) is 5.58. The Labute approximate surface area is 162 Å². The number of fused-ring (bicyclic) bond motifs is 1. The summed E-state index contributed by atoms with van der Waals surface area (Å²) in [7, 11) is 1.88. The molecule has 7 heteroatoms. The number of carbonyl (C=O) groups is 3. The molecule has 2 N–H and O–H groups in total. The molecule has 0 saturated carbocycles. The van der Waals surface area contributed by atoms with E-state index in [1.165, 1.54) is 0 Å². The minimum atomic E-state index is -0.668. The number of amides is 3. The third kappa shape index (κ3) is 2.89. The van der Waals surface area contributed by atoms with Crippen molar-refractivity contribution in [3.63, 3.8) is 0 Å². The van der Waals surface area contributed by atoms with Gasteiger partial charge >= 0.3 is 6.03 Å². The molecule has 2 aromatic heterocycles. The molecule has 4 rings (SSSR count). The molecule has 1 aromatic carbocycles. The number of H-pyrrole nitrogens is 1. The van der Waals surface area contributed by atoms with Crippen LogP contribution in [0.1, 0.15) is 27.3 Å². The first-order chi connectivity index (χ1) is 13.4. The highest BCUT2D eigenvalue weighted by molar-refractivity contribution is 6.09. The summed E-state index contributed by atoms with van der Waals surface area (Å²) in [4.78, 5) is 42.0. The highest BCUT2D eigenvalue weighted by Gasteiger charge is 2.39. The summed E-state index contributed by atoms with van der Waals surface area (Å²) in [5.74, 6) is -0.605. The zero-order valence-corrected chi connectivity index (χ0v) is 16.1. The van der Waals surface area contributed by atoms with Crippen molar-refractivity contribution in [3.8, 4) is 0 Å². The fraction of sp³-hybridized carbons (Fsp3) is 0.286. The van der Waals surface area contributed by atoms with E-state index in [2.05, 4.69) is 10.3 Å². The molecule has 1 atom stereocenters. The summed E-state index contributed by atoms with van der Waals surface area (Å²) < 4.78 is 1.92. The monoisotopic (exact) mass is 378 g/mol. The maximum Gasteiger partial charge on any atom is 0.325 e. The second-order valence-corrected chi connectivity index (χ2v) is 7.26. The van der Waals surface area contributed by atoms with E-state index in [-0.39, 0.29) is 18.2 Å². The number of ketones is 1. The van der Waals surface area contributed by atoms with Gasteiger partial charge < -0.3 is 14.9 Å². The van der Waals surface area contributed by atoms with Crippen LogP contribution in [0.4, 0.5) is 4.79 Å². The zero-order valence-electron chi connectivity index (χ0n) is 16.1. The van der Waals surface area contributed by atoms with Gasteiger partial charge in [-0.3, -0.25) is 14.5 Å². The SMILES string of the molecule is Cc1cc(C(=O)CN2C(=O)N[C@@H](Cc3c[nH]c4ccccc34)C2=O)c(C)n1C. The molecule has 0 spiro atoms. The average molecular weight is 378 g/mol. The number of rotatable bonds is 5. The summed E-state index contributed by atoms with van der Waals surface area (Å²) in [5.41, 5.74) is 4.26. The Hall–Kier alpha value is -3.35. The van der Waals surface area contributed by atoms with E-state index in [0.29, 0.717) is 12.0 Å². The van der Waals surface area contributed by atoms with Crippen LogP contribution in [-0.4, -0.2) is 44.8 Å². The van der Waals surface area contributed by atoms with Crippen LogP contribution >= 0.6 is 0 Å². The molecule has 3 aromatic rings. The highest BCUT2D eigenvalue weighted by atomic mass is 16.2. The lowest BCUT2D eigenvalue weighted by atomic mass is 10.0. The van der Waals surface area contributed by atoms with Gasteiger partial charge in [-0.1, -0.05) is 18.2 Å². The fourth-order valence-electron chi connectivity index (χ4n) is 3.75. The number of imide groups is 1. The van der Waals surface area contributed by atoms with Gasteiger partial charge in [0.05, 0.1) is 6.54 Å². The Morgan fingerprint density at radius 2 is 1.93 bits per heavy atom. The van der Waals surface area contributed by atoms with Crippen LogP contribution in [0.3, 0.4) is 0 Å². The highest BCUT2D eigenvalue weighted by Crippen LogP contribution is 2.22. The molecule has 3 amide bonds. The van der Waals surface area contributed by atoms with Gasteiger partial charge in [-0.25, -0.2) is 4.79 Å². The van der Waals surface area contributed by atoms with Gasteiger partial charge in [0.1, 0.15) is 6.04 Å². The quantitative estimate of drug-likeness (QED) is 0.528. The topological polar surface area (TPSA) is 87.2 Å². The van der Waals surface area contributed by atoms with Crippen LogP contribution in [0.15, 0.2) is 36.5 Å². The summed E-state index contributed by atoms with van der Waals surface area (Å²) in [6, 6.07) is 8.41. The molecule has 1 saturated heterocycles. The number of aromatic amines is 1. The number of aryl methyl sites for hydroxylation is 1. The summed E-state index contributed by atoms with van der Waals surface area (Å²) in [6.45, 7) is 3.51. The van der Waals surface area contributed by atoms with E-state index in [1.54, 1.807) is 6.07 Å². The van der Waals surface area contributed by atoms with Gasteiger partial charge in [-0.05, 0) is 31.5 Å². The number of carbonyl (C=O) groups excluding carboxylic acids is 3. The van der Waals surface area contributed by atoms with Crippen molar-refractivity contribution in [1.29, 1.82) is 0 Å². The first kappa shape index (κ1) is 18.0. The molecule has 144 valence electrons. The van der Waals surface area contributed by atoms with Gasteiger partial charge in [0, 0.05) is 47.5 Å². The lowest BCUT2D eigenvalue weighted by molar-refractivity contribution is -0.127. The van der Waals surface area contributed by atoms with Crippen molar-refractivity contribution in [2.24, 2.45) is 7.05 Å². The molecule has 7 nitrogen and oxygen atoms in total. The van der Waals surface area contributed by atoms with E-state index < -0.39 is 12.1 Å². The van der Waals surface area contributed by atoms with Crippen molar-refractivity contribution in [2.45, 2.75) is 26.3 Å². The Balaban J connectivity index is 1.51. The second-order valence-electron chi connectivity index (χ2n) is 7.26. The van der Waals surface area contributed by atoms with E-state index in [1.807, 2.05) is 55.9 Å². The van der Waals surface area contributed by atoms with E-state index in [4.69, 9.17) is 0 Å². The van der Waals surface area contributed by atoms with E-state index >= 15 is 0 Å². The molecule has 1 aliphatic heterocycles. The minimum Gasteiger partial charge on any atom is -0.361 e. The maximum atomic E-state index is 12.8. The smallest absolute Gasteiger partial charge is 0.325 e. The standard InChI is InChI=1S/C21H22N4O3/c1-12-8-16(13(2)24(12)3)19(26)11-25-20(27)18(23-21(25)28)9-14-10-22-17-7-5-4-6-15(14)17/h4-8,10,18,22H,9,11H2,1-3H3,(H,23,28)/t18-/m0/s1. The first-order valence-electron chi connectivity index (χ1n) is 9.19. The van der Waals surface area contributed by atoms with Crippen molar-refractivity contribution in [2.75, 3.05) is 6.54 Å². The van der Waals surface area contributed by atoms with Crippen LogP contribution in [0.5, 0.6) is 0 Å². The van der Waals surface area contributed by atoms with Gasteiger partial charge in [0.15, 0.2) is 5.78 Å². The summed E-state index contributed by atoms with van der Waals surface area (Å²) >= 11 is 0. The summed E-state index contributed by atoms with van der Waals surface area (Å²) in [6.07, 6.45) is 2.23. The number of urea groups is 1. The van der Waals surface area contributed by atoms with Gasteiger partial charge in [-0.15, -0.1) is 0 Å². The van der Waals surface area contributed by atoms with Crippen molar-refractivity contribution >= 4 is 28.6 Å². The van der Waals surface area contributed by atoms with Gasteiger partial charge in [-0.2, -0.15) is 0 Å². The van der Waals surface area contributed by atoms with Crippen LogP contribution in [-0.2, 0) is 18.3 Å².